The summed E-state index contributed by atoms with van der Waals surface area (Å²) in [6.07, 6.45) is 1.47. The van der Waals surface area contributed by atoms with Crippen LogP contribution in [0.3, 0.4) is 0 Å². The molecule has 148 valence electrons. The number of aromatic nitrogens is 2. The second-order valence-electron chi connectivity index (χ2n) is 6.11. The topological polar surface area (TPSA) is 88.3 Å². The molecule has 7 nitrogen and oxygen atoms in total. The predicted octanol–water partition coefficient (Wildman–Crippen LogP) is 3.35. The van der Waals surface area contributed by atoms with Crippen molar-refractivity contribution in [3.05, 3.63) is 45.8 Å². The minimum Gasteiger partial charge on any atom is -0.350 e. The molecule has 0 aliphatic carbocycles. The van der Waals surface area contributed by atoms with Gasteiger partial charge in [-0.25, -0.2) is 0 Å². The fraction of sp³-hybridized carbons (Fsp3) is 0.368. The number of likely N-dealkylation sites (N-methyl/N-ethyl adjacent to an activating group) is 1. The third-order valence-corrected chi connectivity index (χ3v) is 5.84. The monoisotopic (exact) mass is 418 g/mol. The van der Waals surface area contributed by atoms with Gasteiger partial charge in [0, 0.05) is 24.3 Å². The molecule has 2 amide bonds. The first-order valence-electron chi connectivity index (χ1n) is 9.09. The van der Waals surface area contributed by atoms with Crippen LogP contribution in [0.5, 0.6) is 0 Å². The Morgan fingerprint density at radius 1 is 1.21 bits per heavy atom. The van der Waals surface area contributed by atoms with E-state index in [4.69, 9.17) is 4.52 Å². The van der Waals surface area contributed by atoms with E-state index >= 15 is 0 Å². The average molecular weight is 419 g/mol. The molecule has 3 rings (SSSR count). The number of hydrogen-bond acceptors (Lipinski definition) is 7. The Labute approximate surface area is 171 Å². The summed E-state index contributed by atoms with van der Waals surface area (Å²) >= 11 is 3.14. The van der Waals surface area contributed by atoms with E-state index in [1.54, 1.807) is 27.6 Å². The zero-order valence-corrected chi connectivity index (χ0v) is 17.2. The number of rotatable bonds is 10. The van der Waals surface area contributed by atoms with Crippen molar-refractivity contribution in [3.63, 3.8) is 0 Å². The van der Waals surface area contributed by atoms with Crippen LogP contribution in [0.15, 0.2) is 39.5 Å². The number of aryl methyl sites for hydroxylation is 1. The summed E-state index contributed by atoms with van der Waals surface area (Å²) in [4.78, 5) is 32.5. The molecule has 0 aromatic carbocycles. The largest absolute Gasteiger partial charge is 0.350 e. The third kappa shape index (κ3) is 5.74. The highest BCUT2D eigenvalue weighted by atomic mass is 32.1. The summed E-state index contributed by atoms with van der Waals surface area (Å²) in [6, 6.07) is 7.78. The van der Waals surface area contributed by atoms with Crippen molar-refractivity contribution < 1.29 is 14.1 Å². The second-order valence-corrected chi connectivity index (χ2v) is 8.09. The van der Waals surface area contributed by atoms with Crippen molar-refractivity contribution in [1.82, 2.24) is 20.4 Å². The lowest BCUT2D eigenvalue weighted by Gasteiger charge is -2.20. The molecule has 0 saturated carbocycles. The zero-order chi connectivity index (χ0) is 19.8. The van der Waals surface area contributed by atoms with Crippen LogP contribution >= 0.6 is 22.7 Å². The van der Waals surface area contributed by atoms with Gasteiger partial charge in [0.15, 0.2) is 0 Å². The number of hydrogen-bond donors (Lipinski definition) is 1. The van der Waals surface area contributed by atoms with E-state index < -0.39 is 0 Å². The maximum atomic E-state index is 12.4. The van der Waals surface area contributed by atoms with Crippen molar-refractivity contribution in [1.29, 1.82) is 0 Å². The lowest BCUT2D eigenvalue weighted by atomic mass is 10.2. The van der Waals surface area contributed by atoms with Crippen LogP contribution in [0.2, 0.25) is 0 Å². The van der Waals surface area contributed by atoms with Gasteiger partial charge < -0.3 is 14.7 Å². The molecule has 1 N–H and O–H groups in total. The first kappa shape index (κ1) is 20.2. The summed E-state index contributed by atoms with van der Waals surface area (Å²) < 4.78 is 5.25. The Balaban J connectivity index is 1.40. The molecule has 0 unspecified atom stereocenters. The van der Waals surface area contributed by atoms with E-state index in [0.717, 1.165) is 9.75 Å². The van der Waals surface area contributed by atoms with Crippen LogP contribution in [-0.2, 0) is 22.6 Å². The smallest absolute Gasteiger partial charge is 0.239 e. The van der Waals surface area contributed by atoms with Gasteiger partial charge in [-0.3, -0.25) is 9.59 Å². The molecule has 0 radical (unpaired) electrons. The molecule has 0 aliphatic heterocycles. The number of carbonyl (C=O) groups is 2. The number of carbonyl (C=O) groups excluding carboxylic acids is 2. The molecule has 0 saturated heterocycles. The second kappa shape index (κ2) is 10.1. The van der Waals surface area contributed by atoms with E-state index in [0.29, 0.717) is 44.1 Å². The molecule has 0 aliphatic rings. The fourth-order valence-electron chi connectivity index (χ4n) is 2.62. The van der Waals surface area contributed by atoms with Gasteiger partial charge >= 0.3 is 0 Å². The Morgan fingerprint density at radius 2 is 2.04 bits per heavy atom. The number of amides is 2. The Bertz CT molecular complexity index is 875. The summed E-state index contributed by atoms with van der Waals surface area (Å²) in [5.41, 5.74) is 0. The lowest BCUT2D eigenvalue weighted by molar-refractivity contribution is -0.136. The molecular weight excluding hydrogens is 396 g/mol. The summed E-state index contributed by atoms with van der Waals surface area (Å²) in [6.45, 7) is 2.93. The first-order valence-corrected chi connectivity index (χ1v) is 10.8. The zero-order valence-electron chi connectivity index (χ0n) is 15.6. The van der Waals surface area contributed by atoms with Crippen LogP contribution in [-0.4, -0.2) is 39.9 Å². The number of thiophene rings is 2. The third-order valence-electron chi connectivity index (χ3n) is 4.10. The van der Waals surface area contributed by atoms with E-state index in [2.05, 4.69) is 15.5 Å². The minimum absolute atomic E-state index is 0.0493. The quantitative estimate of drug-likeness (QED) is 0.545. The van der Waals surface area contributed by atoms with Crippen LogP contribution in [0, 0.1) is 0 Å². The normalized spacial score (nSPS) is 10.8. The number of nitrogens with one attached hydrogen (secondary N) is 1. The van der Waals surface area contributed by atoms with Gasteiger partial charge in [0.05, 0.1) is 18.0 Å². The molecule has 3 aromatic heterocycles. The molecular formula is C19H22N4O3S2. The van der Waals surface area contributed by atoms with Gasteiger partial charge in [-0.05, 0) is 36.2 Å². The standard InChI is InChI=1S/C19H22N4O3S2/c1-2-23(13-16(24)20-12-14-6-4-10-27-14)18(25)9-3-8-17-21-19(22-26-17)15-7-5-11-28-15/h4-7,10-11H,2-3,8-9,12-13H2,1H3,(H,20,24). The summed E-state index contributed by atoms with van der Waals surface area (Å²) in [5, 5.41) is 10.7. The van der Waals surface area contributed by atoms with Crippen molar-refractivity contribution in [2.45, 2.75) is 32.7 Å². The van der Waals surface area contributed by atoms with Crippen molar-refractivity contribution in [2.75, 3.05) is 13.1 Å². The molecule has 3 heterocycles. The molecule has 3 aromatic rings. The van der Waals surface area contributed by atoms with Crippen LogP contribution in [0.4, 0.5) is 0 Å². The maximum absolute atomic E-state index is 12.4. The van der Waals surface area contributed by atoms with Crippen molar-refractivity contribution >= 4 is 34.5 Å². The number of nitrogens with zero attached hydrogens (tertiary/aromatic N) is 3. The Hall–Kier alpha value is -2.52. The highest BCUT2D eigenvalue weighted by molar-refractivity contribution is 7.13. The van der Waals surface area contributed by atoms with Crippen LogP contribution in [0.1, 0.15) is 30.5 Å². The van der Waals surface area contributed by atoms with Gasteiger partial charge in [0.2, 0.25) is 23.5 Å². The van der Waals surface area contributed by atoms with Crippen LogP contribution < -0.4 is 5.32 Å². The Morgan fingerprint density at radius 3 is 2.75 bits per heavy atom. The molecule has 0 fully saturated rings. The van der Waals surface area contributed by atoms with Crippen molar-refractivity contribution in [2.24, 2.45) is 0 Å². The van der Waals surface area contributed by atoms with E-state index in [9.17, 15) is 9.59 Å². The minimum atomic E-state index is -0.152. The van der Waals surface area contributed by atoms with Gasteiger partial charge in [0.25, 0.3) is 0 Å². The highest BCUT2D eigenvalue weighted by Crippen LogP contribution is 2.21. The van der Waals surface area contributed by atoms with Gasteiger partial charge in [-0.15, -0.1) is 22.7 Å². The maximum Gasteiger partial charge on any atom is 0.239 e. The van der Waals surface area contributed by atoms with E-state index in [1.165, 1.54) is 0 Å². The average Bonchev–Trinajstić information content (AvgIpc) is 3.46. The molecule has 0 spiro atoms. The van der Waals surface area contributed by atoms with Gasteiger partial charge in [-0.1, -0.05) is 17.3 Å². The SMILES string of the molecule is CCN(CC(=O)NCc1cccs1)C(=O)CCCc1nc(-c2cccs2)no1. The van der Waals surface area contributed by atoms with Crippen LogP contribution in [0.25, 0.3) is 10.7 Å². The van der Waals surface area contributed by atoms with Gasteiger partial charge in [0.1, 0.15) is 0 Å². The van der Waals surface area contributed by atoms with Gasteiger partial charge in [-0.2, -0.15) is 4.98 Å². The summed E-state index contributed by atoms with van der Waals surface area (Å²) in [5.74, 6) is 0.898. The van der Waals surface area contributed by atoms with Crippen molar-refractivity contribution in [3.8, 4) is 10.7 Å². The molecule has 0 bridgehead atoms. The van der Waals surface area contributed by atoms with E-state index in [-0.39, 0.29) is 18.4 Å². The molecule has 0 atom stereocenters. The molecule has 9 heteroatoms. The van der Waals surface area contributed by atoms with E-state index in [1.807, 2.05) is 41.9 Å². The Kier molecular flexibility index (Phi) is 7.32. The lowest BCUT2D eigenvalue weighted by Crippen LogP contribution is -2.40. The summed E-state index contributed by atoms with van der Waals surface area (Å²) in [7, 11) is 0. The highest BCUT2D eigenvalue weighted by Gasteiger charge is 2.16. The fourth-order valence-corrected chi connectivity index (χ4v) is 3.91. The predicted molar refractivity (Wildman–Crippen MR) is 109 cm³/mol. The molecule has 28 heavy (non-hydrogen) atoms. The first-order chi connectivity index (χ1) is 13.7.